The highest BCUT2D eigenvalue weighted by Gasteiger charge is 2.19. The number of ether oxygens (including phenoxy) is 1. The standard InChI is InChI=1S/C13H19NO2/c1-10(2)8-11-4-3-6-14(13(11)15)12-5-7-16-9-12/h3-4,6,10,12H,5,7-9H2,1-2H3/t12-/m0/s1. The summed E-state index contributed by atoms with van der Waals surface area (Å²) in [6, 6.07) is 4.14. The van der Waals surface area contributed by atoms with Gasteiger partial charge in [-0.2, -0.15) is 0 Å². The van der Waals surface area contributed by atoms with Crippen LogP contribution in [0, 0.1) is 5.92 Å². The van der Waals surface area contributed by atoms with Gasteiger partial charge in [0.2, 0.25) is 0 Å². The Morgan fingerprint density at radius 2 is 2.38 bits per heavy atom. The van der Waals surface area contributed by atoms with Gasteiger partial charge < -0.3 is 9.30 Å². The number of nitrogens with zero attached hydrogens (tertiary/aromatic N) is 1. The van der Waals surface area contributed by atoms with Crippen LogP contribution in [-0.4, -0.2) is 17.8 Å². The molecule has 16 heavy (non-hydrogen) atoms. The van der Waals surface area contributed by atoms with Crippen molar-refractivity contribution in [2.75, 3.05) is 13.2 Å². The molecule has 1 saturated heterocycles. The Bertz CT molecular complexity index is 403. The molecule has 2 heterocycles. The molecule has 0 aliphatic carbocycles. The highest BCUT2D eigenvalue weighted by molar-refractivity contribution is 5.12. The Balaban J connectivity index is 2.28. The Morgan fingerprint density at radius 1 is 1.56 bits per heavy atom. The third-order valence-electron chi connectivity index (χ3n) is 2.98. The average Bonchev–Trinajstić information content (AvgIpc) is 2.73. The lowest BCUT2D eigenvalue weighted by molar-refractivity contribution is 0.186. The van der Waals surface area contributed by atoms with Crippen molar-refractivity contribution in [1.82, 2.24) is 4.57 Å². The lowest BCUT2D eigenvalue weighted by atomic mass is 10.0. The van der Waals surface area contributed by atoms with Crippen molar-refractivity contribution in [1.29, 1.82) is 0 Å². The molecule has 1 aromatic rings. The maximum Gasteiger partial charge on any atom is 0.254 e. The topological polar surface area (TPSA) is 31.2 Å². The minimum absolute atomic E-state index is 0.159. The van der Waals surface area contributed by atoms with E-state index in [9.17, 15) is 4.79 Å². The predicted molar refractivity (Wildman–Crippen MR) is 63.7 cm³/mol. The maximum absolute atomic E-state index is 12.2. The molecule has 0 amide bonds. The van der Waals surface area contributed by atoms with Gasteiger partial charge in [-0.05, 0) is 24.8 Å². The normalized spacial score (nSPS) is 20.6. The van der Waals surface area contributed by atoms with Gasteiger partial charge in [-0.3, -0.25) is 4.79 Å². The van der Waals surface area contributed by atoms with Gasteiger partial charge in [0.05, 0.1) is 12.6 Å². The quantitative estimate of drug-likeness (QED) is 0.781. The average molecular weight is 221 g/mol. The summed E-state index contributed by atoms with van der Waals surface area (Å²) in [5.41, 5.74) is 1.08. The molecule has 3 nitrogen and oxygen atoms in total. The zero-order valence-corrected chi connectivity index (χ0v) is 9.98. The fourth-order valence-corrected chi connectivity index (χ4v) is 2.18. The Hall–Kier alpha value is -1.09. The first kappa shape index (κ1) is 11.4. The minimum Gasteiger partial charge on any atom is -0.379 e. The highest BCUT2D eigenvalue weighted by Crippen LogP contribution is 2.17. The van der Waals surface area contributed by atoms with Crippen LogP contribution in [0.3, 0.4) is 0 Å². The highest BCUT2D eigenvalue weighted by atomic mass is 16.5. The molecule has 1 fully saturated rings. The second-order valence-electron chi connectivity index (χ2n) is 4.86. The summed E-state index contributed by atoms with van der Waals surface area (Å²) in [4.78, 5) is 12.2. The van der Waals surface area contributed by atoms with Crippen LogP contribution in [0.5, 0.6) is 0 Å². The molecule has 0 spiro atoms. The molecule has 3 heteroatoms. The fraction of sp³-hybridized carbons (Fsp3) is 0.615. The molecule has 1 aliphatic heterocycles. The first-order valence-corrected chi connectivity index (χ1v) is 5.96. The Labute approximate surface area is 96.0 Å². The second kappa shape index (κ2) is 4.83. The number of hydrogen-bond acceptors (Lipinski definition) is 2. The largest absolute Gasteiger partial charge is 0.379 e. The molecule has 1 aromatic heterocycles. The number of rotatable bonds is 3. The van der Waals surface area contributed by atoms with E-state index in [1.54, 1.807) is 0 Å². The molecular formula is C13H19NO2. The Kier molecular flexibility index (Phi) is 3.44. The predicted octanol–water partition coefficient (Wildman–Crippen LogP) is 2.01. The molecule has 88 valence electrons. The van der Waals surface area contributed by atoms with Crippen LogP contribution in [0.15, 0.2) is 23.1 Å². The SMILES string of the molecule is CC(C)Cc1cccn([C@H]2CCOC2)c1=O. The first-order chi connectivity index (χ1) is 7.68. The summed E-state index contributed by atoms with van der Waals surface area (Å²) in [5.74, 6) is 0.517. The zero-order chi connectivity index (χ0) is 11.5. The molecule has 1 atom stereocenters. The van der Waals surface area contributed by atoms with Crippen molar-refractivity contribution in [3.63, 3.8) is 0 Å². The van der Waals surface area contributed by atoms with Gasteiger partial charge in [-0.1, -0.05) is 19.9 Å². The van der Waals surface area contributed by atoms with Crippen molar-refractivity contribution in [2.24, 2.45) is 5.92 Å². The zero-order valence-electron chi connectivity index (χ0n) is 9.98. The van der Waals surface area contributed by atoms with Gasteiger partial charge in [-0.15, -0.1) is 0 Å². The van der Waals surface area contributed by atoms with Crippen LogP contribution in [-0.2, 0) is 11.2 Å². The molecule has 0 unspecified atom stereocenters. The Morgan fingerprint density at radius 3 is 3.00 bits per heavy atom. The van der Waals surface area contributed by atoms with Crippen molar-refractivity contribution in [3.8, 4) is 0 Å². The van der Waals surface area contributed by atoms with Crippen molar-refractivity contribution in [3.05, 3.63) is 34.2 Å². The van der Waals surface area contributed by atoms with E-state index in [2.05, 4.69) is 13.8 Å². The molecule has 0 aromatic carbocycles. The van der Waals surface area contributed by atoms with E-state index in [1.807, 2.05) is 22.9 Å². The van der Waals surface area contributed by atoms with E-state index < -0.39 is 0 Å². The van der Waals surface area contributed by atoms with Crippen molar-refractivity contribution in [2.45, 2.75) is 32.7 Å². The van der Waals surface area contributed by atoms with Gasteiger partial charge in [0.15, 0.2) is 0 Å². The number of hydrogen-bond donors (Lipinski definition) is 0. The second-order valence-corrected chi connectivity index (χ2v) is 4.86. The molecule has 0 N–H and O–H groups in total. The summed E-state index contributed by atoms with van der Waals surface area (Å²) in [6.07, 6.45) is 3.68. The van der Waals surface area contributed by atoms with Crippen LogP contribution in [0.25, 0.3) is 0 Å². The van der Waals surface area contributed by atoms with Gasteiger partial charge in [0, 0.05) is 18.4 Å². The first-order valence-electron chi connectivity index (χ1n) is 5.96. The van der Waals surface area contributed by atoms with Crippen molar-refractivity contribution >= 4 is 0 Å². The summed E-state index contributed by atoms with van der Waals surface area (Å²) >= 11 is 0. The van der Waals surface area contributed by atoms with Crippen LogP contribution in [0.1, 0.15) is 31.9 Å². The van der Waals surface area contributed by atoms with Gasteiger partial charge >= 0.3 is 0 Å². The van der Waals surface area contributed by atoms with E-state index in [-0.39, 0.29) is 11.6 Å². The molecular weight excluding hydrogens is 202 g/mol. The summed E-state index contributed by atoms with van der Waals surface area (Å²) < 4.78 is 7.17. The van der Waals surface area contributed by atoms with Crippen LogP contribution < -0.4 is 5.56 Å². The van der Waals surface area contributed by atoms with Gasteiger partial charge in [0.1, 0.15) is 0 Å². The van der Waals surface area contributed by atoms with Crippen molar-refractivity contribution < 1.29 is 4.74 Å². The molecule has 0 bridgehead atoms. The van der Waals surface area contributed by atoms with Crippen LogP contribution >= 0.6 is 0 Å². The van der Waals surface area contributed by atoms with Gasteiger partial charge in [-0.25, -0.2) is 0 Å². The third-order valence-corrected chi connectivity index (χ3v) is 2.98. The monoisotopic (exact) mass is 221 g/mol. The lowest BCUT2D eigenvalue weighted by Gasteiger charge is -2.14. The fourth-order valence-electron chi connectivity index (χ4n) is 2.18. The summed E-state index contributed by atoms with van der Waals surface area (Å²) in [5, 5.41) is 0. The lowest BCUT2D eigenvalue weighted by Crippen LogP contribution is -2.27. The summed E-state index contributed by atoms with van der Waals surface area (Å²) in [6.45, 7) is 5.71. The minimum atomic E-state index is 0.159. The van der Waals surface area contributed by atoms with Gasteiger partial charge in [0.25, 0.3) is 5.56 Å². The summed E-state index contributed by atoms with van der Waals surface area (Å²) in [7, 11) is 0. The van der Waals surface area contributed by atoms with E-state index in [0.717, 1.165) is 25.0 Å². The maximum atomic E-state index is 12.2. The third kappa shape index (κ3) is 2.35. The van der Waals surface area contributed by atoms with Crippen LogP contribution in [0.4, 0.5) is 0 Å². The van der Waals surface area contributed by atoms with E-state index >= 15 is 0 Å². The van der Waals surface area contributed by atoms with E-state index in [0.29, 0.717) is 12.5 Å². The number of pyridine rings is 1. The van der Waals surface area contributed by atoms with Crippen LogP contribution in [0.2, 0.25) is 0 Å². The molecule has 0 saturated carbocycles. The van der Waals surface area contributed by atoms with E-state index in [4.69, 9.17) is 4.74 Å². The molecule has 1 aliphatic rings. The van der Waals surface area contributed by atoms with E-state index in [1.165, 1.54) is 0 Å². The molecule has 2 rings (SSSR count). The number of aromatic nitrogens is 1. The smallest absolute Gasteiger partial charge is 0.254 e. The molecule has 0 radical (unpaired) electrons.